The van der Waals surface area contributed by atoms with Crippen LogP contribution in [0.15, 0.2) is 12.1 Å². The molecule has 2 N–H and O–H groups in total. The predicted octanol–water partition coefficient (Wildman–Crippen LogP) is 2.35. The van der Waals surface area contributed by atoms with Crippen molar-refractivity contribution >= 4 is 29.9 Å². The molecule has 24 heavy (non-hydrogen) atoms. The summed E-state index contributed by atoms with van der Waals surface area (Å²) in [4.78, 5) is 26.1. The lowest BCUT2D eigenvalue weighted by atomic mass is 9.99. The quantitative estimate of drug-likeness (QED) is 0.871. The molecular weight excluding hydrogens is 333 g/mol. The summed E-state index contributed by atoms with van der Waals surface area (Å²) in [6.45, 7) is 4.28. The van der Waals surface area contributed by atoms with Crippen molar-refractivity contribution in [1.82, 2.24) is 10.2 Å². The lowest BCUT2D eigenvalue weighted by molar-refractivity contribution is -0.116. The number of halogens is 2. The van der Waals surface area contributed by atoms with Crippen molar-refractivity contribution in [3.8, 4) is 0 Å². The summed E-state index contributed by atoms with van der Waals surface area (Å²) in [5.41, 5.74) is 1.43. The second-order valence-electron chi connectivity index (χ2n) is 6.18. The molecule has 5 nitrogen and oxygen atoms in total. The Labute approximate surface area is 147 Å². The summed E-state index contributed by atoms with van der Waals surface area (Å²) >= 11 is 0. The molecule has 2 heterocycles. The molecule has 2 aliphatic heterocycles. The van der Waals surface area contributed by atoms with Gasteiger partial charge in [0.25, 0.3) is 5.91 Å². The fourth-order valence-corrected chi connectivity index (χ4v) is 3.32. The molecular formula is C17H23ClFN3O2. The van der Waals surface area contributed by atoms with E-state index in [2.05, 4.69) is 10.6 Å². The highest BCUT2D eigenvalue weighted by atomic mass is 35.5. The van der Waals surface area contributed by atoms with Gasteiger partial charge in [0.05, 0.1) is 5.56 Å². The van der Waals surface area contributed by atoms with Crippen molar-refractivity contribution in [1.29, 1.82) is 0 Å². The SMILES string of the molecule is CCCN(C(=O)c1cc2c(cc1F)NC(=O)CC2)C1CCNC1.Cl. The first-order valence-electron chi connectivity index (χ1n) is 8.24. The normalized spacial score (nSPS) is 19.2. The van der Waals surface area contributed by atoms with Gasteiger partial charge in [-0.15, -0.1) is 12.4 Å². The van der Waals surface area contributed by atoms with Crippen LogP contribution in [-0.4, -0.2) is 42.4 Å². The maximum absolute atomic E-state index is 14.4. The molecule has 0 aliphatic carbocycles. The van der Waals surface area contributed by atoms with Crippen molar-refractivity contribution in [2.75, 3.05) is 25.0 Å². The molecule has 0 radical (unpaired) electrons. The topological polar surface area (TPSA) is 61.4 Å². The second kappa shape index (κ2) is 7.94. The number of nitrogens with zero attached hydrogens (tertiary/aromatic N) is 1. The number of carbonyl (C=O) groups excluding carboxylic acids is 2. The van der Waals surface area contributed by atoms with Crippen LogP contribution in [0.4, 0.5) is 10.1 Å². The number of benzene rings is 1. The Hall–Kier alpha value is -1.66. The zero-order valence-corrected chi connectivity index (χ0v) is 14.5. The molecule has 132 valence electrons. The molecule has 3 rings (SSSR count). The Balaban J connectivity index is 0.00000208. The monoisotopic (exact) mass is 355 g/mol. The van der Waals surface area contributed by atoms with E-state index in [1.165, 1.54) is 6.07 Å². The number of aryl methyl sites for hydroxylation is 1. The first kappa shape index (κ1) is 18.7. The summed E-state index contributed by atoms with van der Waals surface area (Å²) in [7, 11) is 0. The summed E-state index contributed by atoms with van der Waals surface area (Å²) in [6, 6.07) is 3.01. The Morgan fingerprint density at radius 3 is 2.83 bits per heavy atom. The Bertz CT molecular complexity index is 633. The van der Waals surface area contributed by atoms with Gasteiger partial charge in [-0.25, -0.2) is 4.39 Å². The molecule has 2 aliphatic rings. The largest absolute Gasteiger partial charge is 0.334 e. The average Bonchev–Trinajstić information content (AvgIpc) is 3.05. The molecule has 0 spiro atoms. The number of hydrogen-bond acceptors (Lipinski definition) is 3. The average molecular weight is 356 g/mol. The van der Waals surface area contributed by atoms with Gasteiger partial charge in [0.15, 0.2) is 0 Å². The van der Waals surface area contributed by atoms with Crippen LogP contribution in [0.2, 0.25) is 0 Å². The van der Waals surface area contributed by atoms with Crippen LogP contribution in [-0.2, 0) is 11.2 Å². The highest BCUT2D eigenvalue weighted by molar-refractivity contribution is 5.98. The number of fused-ring (bicyclic) bond motifs is 1. The van der Waals surface area contributed by atoms with E-state index >= 15 is 0 Å². The summed E-state index contributed by atoms with van der Waals surface area (Å²) in [5, 5.41) is 5.91. The number of amides is 2. The molecule has 2 amide bonds. The van der Waals surface area contributed by atoms with Gasteiger partial charge in [-0.1, -0.05) is 6.92 Å². The summed E-state index contributed by atoms with van der Waals surface area (Å²) in [6.07, 6.45) is 2.65. The fraction of sp³-hybridized carbons (Fsp3) is 0.529. The third-order valence-corrected chi connectivity index (χ3v) is 4.52. The molecule has 1 aromatic carbocycles. The van der Waals surface area contributed by atoms with Crippen LogP contribution in [0, 0.1) is 5.82 Å². The van der Waals surface area contributed by atoms with E-state index in [4.69, 9.17) is 0 Å². The van der Waals surface area contributed by atoms with Crippen LogP contribution in [0.3, 0.4) is 0 Å². The molecule has 1 saturated heterocycles. The second-order valence-corrected chi connectivity index (χ2v) is 6.18. The maximum Gasteiger partial charge on any atom is 0.257 e. The number of nitrogens with one attached hydrogen (secondary N) is 2. The smallest absolute Gasteiger partial charge is 0.257 e. The van der Waals surface area contributed by atoms with E-state index in [-0.39, 0.29) is 35.8 Å². The highest BCUT2D eigenvalue weighted by Crippen LogP contribution is 2.27. The Morgan fingerprint density at radius 1 is 1.38 bits per heavy atom. The van der Waals surface area contributed by atoms with Gasteiger partial charge in [-0.2, -0.15) is 0 Å². The molecule has 1 fully saturated rings. The molecule has 1 aromatic rings. The molecule has 0 aromatic heterocycles. The number of rotatable bonds is 4. The molecule has 0 saturated carbocycles. The van der Waals surface area contributed by atoms with Gasteiger partial charge in [0, 0.05) is 31.2 Å². The highest BCUT2D eigenvalue weighted by Gasteiger charge is 2.29. The predicted molar refractivity (Wildman–Crippen MR) is 93.2 cm³/mol. The van der Waals surface area contributed by atoms with E-state index in [9.17, 15) is 14.0 Å². The number of anilines is 1. The Kier molecular flexibility index (Phi) is 6.18. The zero-order chi connectivity index (χ0) is 16.4. The van der Waals surface area contributed by atoms with Crippen molar-refractivity contribution < 1.29 is 14.0 Å². The minimum absolute atomic E-state index is 0. The minimum atomic E-state index is -0.567. The summed E-state index contributed by atoms with van der Waals surface area (Å²) < 4.78 is 14.4. The van der Waals surface area contributed by atoms with Crippen LogP contribution >= 0.6 is 12.4 Å². The van der Waals surface area contributed by atoms with E-state index in [1.54, 1.807) is 11.0 Å². The fourth-order valence-electron chi connectivity index (χ4n) is 3.32. The van der Waals surface area contributed by atoms with Gasteiger partial charge >= 0.3 is 0 Å². The minimum Gasteiger partial charge on any atom is -0.334 e. The standard InChI is InChI=1S/C17H22FN3O2.ClH/c1-2-7-21(12-5-6-19-10-12)17(23)13-8-11-3-4-16(22)20-15(11)9-14(13)18;/h8-9,12,19H,2-7,10H2,1H3,(H,20,22);1H. The molecule has 7 heteroatoms. The van der Waals surface area contributed by atoms with Crippen molar-refractivity contribution in [2.45, 2.75) is 38.6 Å². The van der Waals surface area contributed by atoms with Crippen molar-refractivity contribution in [2.24, 2.45) is 0 Å². The van der Waals surface area contributed by atoms with Gasteiger partial charge in [0.1, 0.15) is 5.82 Å². The van der Waals surface area contributed by atoms with E-state index in [0.29, 0.717) is 25.1 Å². The van der Waals surface area contributed by atoms with E-state index in [0.717, 1.165) is 31.5 Å². The van der Waals surface area contributed by atoms with Crippen LogP contribution in [0.1, 0.15) is 42.1 Å². The Morgan fingerprint density at radius 2 is 2.17 bits per heavy atom. The van der Waals surface area contributed by atoms with Gasteiger partial charge in [-0.3, -0.25) is 9.59 Å². The maximum atomic E-state index is 14.4. The molecule has 1 unspecified atom stereocenters. The van der Waals surface area contributed by atoms with Crippen LogP contribution < -0.4 is 10.6 Å². The first-order valence-corrected chi connectivity index (χ1v) is 8.24. The first-order chi connectivity index (χ1) is 11.1. The lowest BCUT2D eigenvalue weighted by Crippen LogP contribution is -2.42. The number of hydrogen-bond donors (Lipinski definition) is 2. The third-order valence-electron chi connectivity index (χ3n) is 4.52. The molecule has 0 bridgehead atoms. The molecule has 1 atom stereocenters. The number of carbonyl (C=O) groups is 2. The van der Waals surface area contributed by atoms with Crippen LogP contribution in [0.5, 0.6) is 0 Å². The van der Waals surface area contributed by atoms with Gasteiger partial charge in [0.2, 0.25) is 5.91 Å². The van der Waals surface area contributed by atoms with Crippen molar-refractivity contribution in [3.05, 3.63) is 29.1 Å². The van der Waals surface area contributed by atoms with E-state index in [1.807, 2.05) is 6.92 Å². The van der Waals surface area contributed by atoms with E-state index < -0.39 is 5.82 Å². The van der Waals surface area contributed by atoms with Gasteiger partial charge in [-0.05, 0) is 43.5 Å². The zero-order valence-electron chi connectivity index (χ0n) is 13.7. The van der Waals surface area contributed by atoms with Crippen molar-refractivity contribution in [3.63, 3.8) is 0 Å². The lowest BCUT2D eigenvalue weighted by Gasteiger charge is -2.29. The van der Waals surface area contributed by atoms with Crippen LogP contribution in [0.25, 0.3) is 0 Å². The summed E-state index contributed by atoms with van der Waals surface area (Å²) in [5.74, 6) is -0.929. The van der Waals surface area contributed by atoms with Gasteiger partial charge < -0.3 is 15.5 Å². The third kappa shape index (κ3) is 3.70.